The van der Waals surface area contributed by atoms with Crippen LogP contribution in [0.3, 0.4) is 0 Å². The van der Waals surface area contributed by atoms with E-state index in [-0.39, 0.29) is 22.2 Å². The molecule has 2 aliphatic heterocycles. The summed E-state index contributed by atoms with van der Waals surface area (Å²) in [7, 11) is -2.78. The van der Waals surface area contributed by atoms with Gasteiger partial charge in [-0.1, -0.05) is 6.07 Å². The normalized spacial score (nSPS) is 19.8. The number of amides is 1. The van der Waals surface area contributed by atoms with E-state index in [4.69, 9.17) is 9.47 Å². The van der Waals surface area contributed by atoms with Gasteiger partial charge in [0.1, 0.15) is 6.10 Å². The number of carbonyl (C=O) groups excluding carboxylic acids is 2. The van der Waals surface area contributed by atoms with Gasteiger partial charge < -0.3 is 14.4 Å². The molecule has 1 N–H and O–H groups in total. The van der Waals surface area contributed by atoms with Crippen LogP contribution in [0.2, 0.25) is 0 Å². The van der Waals surface area contributed by atoms with E-state index in [1.807, 2.05) is 12.1 Å². The van der Waals surface area contributed by atoms with Crippen LogP contribution in [-0.4, -0.2) is 51.6 Å². The number of esters is 1. The second-order valence-electron chi connectivity index (χ2n) is 8.61. The molecule has 0 bridgehead atoms. The number of nitrogens with zero attached hydrogens (tertiary/aromatic N) is 1. The predicted molar refractivity (Wildman–Crippen MR) is 123 cm³/mol. The van der Waals surface area contributed by atoms with Crippen LogP contribution >= 0.6 is 11.3 Å². The van der Waals surface area contributed by atoms with Crippen molar-refractivity contribution in [1.82, 2.24) is 4.90 Å². The maximum atomic E-state index is 13.4. The minimum atomic E-state index is -4.02. The average molecular weight is 491 g/mol. The van der Waals surface area contributed by atoms with Gasteiger partial charge in [-0.05, 0) is 67.3 Å². The number of ether oxygens (including phenoxy) is 2. The summed E-state index contributed by atoms with van der Waals surface area (Å²) in [5.41, 5.74) is 3.61. The zero-order chi connectivity index (χ0) is 23.2. The second kappa shape index (κ2) is 8.73. The molecule has 2 aromatic rings. The molecular weight excluding hydrogens is 464 g/mol. The molecule has 1 aromatic carbocycles. The molecule has 1 amide bonds. The minimum Gasteiger partial charge on any atom is -0.465 e. The Balaban J connectivity index is 1.46. The number of carbonyl (C=O) groups is 2. The van der Waals surface area contributed by atoms with Gasteiger partial charge in [0, 0.05) is 23.7 Å². The van der Waals surface area contributed by atoms with Crippen molar-refractivity contribution in [3.8, 4) is 0 Å². The Hall–Kier alpha value is -2.43. The maximum Gasteiger partial charge on any atom is 0.340 e. The second-order valence-corrected chi connectivity index (χ2v) is 11.6. The largest absolute Gasteiger partial charge is 0.465 e. The first kappa shape index (κ1) is 22.4. The number of anilines is 1. The summed E-state index contributed by atoms with van der Waals surface area (Å²) < 4.78 is 39.8. The third kappa shape index (κ3) is 4.15. The van der Waals surface area contributed by atoms with Gasteiger partial charge in [0.25, 0.3) is 15.9 Å². The van der Waals surface area contributed by atoms with E-state index >= 15 is 0 Å². The number of thiophene rings is 1. The lowest BCUT2D eigenvalue weighted by Gasteiger charge is -2.29. The van der Waals surface area contributed by atoms with Gasteiger partial charge in [0.15, 0.2) is 4.21 Å². The zero-order valence-electron chi connectivity index (χ0n) is 18.4. The highest BCUT2D eigenvalue weighted by atomic mass is 32.2. The van der Waals surface area contributed by atoms with Crippen molar-refractivity contribution in [3.05, 3.63) is 45.3 Å². The van der Waals surface area contributed by atoms with E-state index < -0.39 is 22.1 Å². The maximum absolute atomic E-state index is 13.4. The number of hydrogen-bond acceptors (Lipinski definition) is 7. The van der Waals surface area contributed by atoms with Crippen LogP contribution in [0.4, 0.5) is 5.69 Å². The van der Waals surface area contributed by atoms with Gasteiger partial charge >= 0.3 is 5.97 Å². The van der Waals surface area contributed by atoms with Crippen molar-refractivity contribution < 1.29 is 27.5 Å². The molecule has 0 saturated carbocycles. The molecule has 1 aliphatic carbocycles. The van der Waals surface area contributed by atoms with Crippen LogP contribution in [-0.2, 0) is 50.1 Å². The minimum absolute atomic E-state index is 0.0636. The highest BCUT2D eigenvalue weighted by Crippen LogP contribution is 2.38. The predicted octanol–water partition coefficient (Wildman–Crippen LogP) is 2.89. The number of fused-ring (bicyclic) bond motifs is 2. The molecule has 5 rings (SSSR count). The lowest BCUT2D eigenvalue weighted by atomic mass is 10.0. The van der Waals surface area contributed by atoms with Crippen LogP contribution in [0.25, 0.3) is 0 Å². The molecule has 3 aliphatic rings. The van der Waals surface area contributed by atoms with Crippen LogP contribution in [0.15, 0.2) is 22.4 Å². The summed E-state index contributed by atoms with van der Waals surface area (Å²) in [6, 6.07) is 5.58. The van der Waals surface area contributed by atoms with Crippen molar-refractivity contribution in [2.75, 3.05) is 25.0 Å². The molecular formula is C23H26N2O6S2. The van der Waals surface area contributed by atoms with Crippen molar-refractivity contribution in [1.29, 1.82) is 0 Å². The number of nitrogens with one attached hydrogen (secondary N) is 1. The first-order valence-electron chi connectivity index (χ1n) is 11.2. The number of benzene rings is 1. The molecule has 1 fully saturated rings. The van der Waals surface area contributed by atoms with Gasteiger partial charge in [-0.15, -0.1) is 11.3 Å². The van der Waals surface area contributed by atoms with Gasteiger partial charge in [-0.2, -0.15) is 0 Å². The third-order valence-electron chi connectivity index (χ3n) is 6.53. The fourth-order valence-corrected chi connectivity index (χ4v) is 7.83. The Morgan fingerprint density at radius 1 is 1.18 bits per heavy atom. The van der Waals surface area contributed by atoms with Crippen LogP contribution in [0.5, 0.6) is 0 Å². The van der Waals surface area contributed by atoms with Crippen molar-refractivity contribution in [3.63, 3.8) is 0 Å². The Bertz CT molecular complexity index is 1210. The van der Waals surface area contributed by atoms with Gasteiger partial charge in [-0.3, -0.25) is 9.52 Å². The van der Waals surface area contributed by atoms with E-state index in [1.54, 1.807) is 11.0 Å². The summed E-state index contributed by atoms with van der Waals surface area (Å²) in [4.78, 5) is 27.8. The standard InChI is InChI=1S/C23H26N2O6S2/c1-30-22(27)20-17-9-10-25(21(26)18-6-3-11-31-18)13-19(17)32-23(20)33(28,29)24-16-8-7-14-4-2-5-15(14)12-16/h7-8,12,18,24H,2-6,9-11,13H2,1H3/t18-/m1/s1. The molecule has 0 spiro atoms. The third-order valence-corrected chi connectivity index (χ3v) is 9.64. The molecule has 1 aromatic heterocycles. The van der Waals surface area contributed by atoms with Crippen LogP contribution in [0.1, 0.15) is 51.2 Å². The summed E-state index contributed by atoms with van der Waals surface area (Å²) in [5, 5.41) is 0. The summed E-state index contributed by atoms with van der Waals surface area (Å²) in [6.45, 7) is 1.25. The van der Waals surface area contributed by atoms with E-state index in [9.17, 15) is 18.0 Å². The van der Waals surface area contributed by atoms with Gasteiger partial charge in [-0.25, -0.2) is 13.2 Å². The smallest absolute Gasteiger partial charge is 0.340 e. The molecule has 0 radical (unpaired) electrons. The van der Waals surface area contributed by atoms with E-state index in [0.29, 0.717) is 42.1 Å². The number of aryl methyl sites for hydroxylation is 2. The SMILES string of the molecule is COC(=O)c1c(S(=O)(=O)Nc2ccc3c(c2)CCC3)sc2c1CCN(C(=O)[C@H]1CCCO1)C2. The topological polar surface area (TPSA) is 102 Å². The molecule has 1 atom stereocenters. The molecule has 0 unspecified atom stereocenters. The average Bonchev–Trinajstić information content (AvgIpc) is 3.56. The lowest BCUT2D eigenvalue weighted by molar-refractivity contribution is -0.141. The Kier molecular flexibility index (Phi) is 5.92. The summed E-state index contributed by atoms with van der Waals surface area (Å²) in [6.07, 6.45) is 4.52. The van der Waals surface area contributed by atoms with E-state index in [1.165, 1.54) is 12.7 Å². The van der Waals surface area contributed by atoms with E-state index in [2.05, 4.69) is 4.72 Å². The molecule has 176 valence electrons. The number of hydrogen-bond donors (Lipinski definition) is 1. The number of methoxy groups -OCH3 is 1. The summed E-state index contributed by atoms with van der Waals surface area (Å²) >= 11 is 1.03. The highest BCUT2D eigenvalue weighted by molar-refractivity contribution is 7.94. The first-order chi connectivity index (χ1) is 15.9. The highest BCUT2D eigenvalue weighted by Gasteiger charge is 2.37. The molecule has 8 nitrogen and oxygen atoms in total. The molecule has 1 saturated heterocycles. The Labute approximate surface area is 196 Å². The molecule has 3 heterocycles. The monoisotopic (exact) mass is 490 g/mol. The zero-order valence-corrected chi connectivity index (χ0v) is 20.0. The van der Waals surface area contributed by atoms with Crippen molar-refractivity contribution in [2.24, 2.45) is 0 Å². The number of sulfonamides is 1. The first-order valence-corrected chi connectivity index (χ1v) is 13.4. The van der Waals surface area contributed by atoms with Crippen LogP contribution in [0, 0.1) is 0 Å². The van der Waals surface area contributed by atoms with Gasteiger partial charge in [0.2, 0.25) is 0 Å². The van der Waals surface area contributed by atoms with Crippen LogP contribution < -0.4 is 4.72 Å². The summed E-state index contributed by atoms with van der Waals surface area (Å²) in [5.74, 6) is -0.757. The Morgan fingerprint density at radius 2 is 2.00 bits per heavy atom. The number of rotatable bonds is 5. The molecule has 33 heavy (non-hydrogen) atoms. The van der Waals surface area contributed by atoms with Gasteiger partial charge in [0.05, 0.1) is 19.2 Å². The van der Waals surface area contributed by atoms with E-state index in [0.717, 1.165) is 42.6 Å². The van der Waals surface area contributed by atoms with Crippen molar-refractivity contribution in [2.45, 2.75) is 55.4 Å². The fourth-order valence-electron chi connectivity index (χ4n) is 4.88. The van der Waals surface area contributed by atoms with Crippen molar-refractivity contribution >= 4 is 38.9 Å². The fraction of sp³-hybridized carbons (Fsp3) is 0.478. The lowest BCUT2D eigenvalue weighted by Crippen LogP contribution is -2.41. The molecule has 10 heteroatoms. The quantitative estimate of drug-likeness (QED) is 0.647. The Morgan fingerprint density at radius 3 is 2.76 bits per heavy atom.